The molecule has 2 fully saturated rings. The van der Waals surface area contributed by atoms with E-state index in [4.69, 9.17) is 14.6 Å². The molecule has 10 nitrogen and oxygen atoms in total. The number of rotatable bonds is 4. The van der Waals surface area contributed by atoms with Gasteiger partial charge in [0.2, 0.25) is 5.91 Å². The quantitative estimate of drug-likeness (QED) is 0.390. The Morgan fingerprint density at radius 3 is 2.54 bits per heavy atom. The Hall–Kier alpha value is -1.46. The lowest BCUT2D eigenvalue weighted by Gasteiger charge is -2.29. The van der Waals surface area contributed by atoms with Crippen LogP contribution in [0.25, 0.3) is 0 Å². The van der Waals surface area contributed by atoms with Gasteiger partial charge in [-0.1, -0.05) is 0 Å². The molecule has 0 unspecified atom stereocenters. The first-order valence-corrected chi connectivity index (χ1v) is 8.65. The van der Waals surface area contributed by atoms with Crippen LogP contribution < -0.4 is 5.32 Å². The van der Waals surface area contributed by atoms with Crippen LogP contribution in [0.15, 0.2) is 0 Å². The van der Waals surface area contributed by atoms with Crippen LogP contribution in [0, 0.1) is 0 Å². The van der Waals surface area contributed by atoms with Gasteiger partial charge in [0.1, 0.15) is 36.1 Å². The molecule has 0 saturated carbocycles. The lowest BCUT2D eigenvalue weighted by molar-refractivity contribution is -0.133. The predicted octanol–water partition coefficient (Wildman–Crippen LogP) is -1.70. The van der Waals surface area contributed by atoms with Crippen molar-refractivity contribution in [1.82, 2.24) is 10.2 Å². The number of amides is 2. The van der Waals surface area contributed by atoms with E-state index in [1.807, 2.05) is 0 Å². The molecule has 0 radical (unpaired) electrons. The Kier molecular flexibility index (Phi) is 6.46. The maximum absolute atomic E-state index is 12.5. The highest BCUT2D eigenvalue weighted by molar-refractivity contribution is 5.86. The molecule has 0 aromatic heterocycles. The maximum Gasteiger partial charge on any atom is 0.410 e. The van der Waals surface area contributed by atoms with Gasteiger partial charge in [-0.2, -0.15) is 0 Å². The number of likely N-dealkylation sites (tertiary alicyclic amines) is 1. The minimum atomic E-state index is -1.47. The zero-order valence-corrected chi connectivity index (χ0v) is 15.2. The molecule has 0 bridgehead atoms. The van der Waals surface area contributed by atoms with Crippen molar-refractivity contribution in [2.24, 2.45) is 0 Å². The molecule has 0 aliphatic carbocycles. The smallest absolute Gasteiger partial charge is 0.410 e. The molecule has 26 heavy (non-hydrogen) atoms. The van der Waals surface area contributed by atoms with Gasteiger partial charge in [0, 0.05) is 6.54 Å². The van der Waals surface area contributed by atoms with E-state index in [9.17, 15) is 24.9 Å². The highest BCUT2D eigenvalue weighted by atomic mass is 16.6. The predicted molar refractivity (Wildman–Crippen MR) is 87.9 cm³/mol. The summed E-state index contributed by atoms with van der Waals surface area (Å²) in [4.78, 5) is 26.1. The van der Waals surface area contributed by atoms with Crippen molar-refractivity contribution in [3.63, 3.8) is 0 Å². The van der Waals surface area contributed by atoms with Crippen molar-refractivity contribution in [2.45, 2.75) is 75.9 Å². The number of carbonyl (C=O) groups excluding carboxylic acids is 2. The largest absolute Gasteiger partial charge is 0.444 e. The highest BCUT2D eigenvalue weighted by Crippen LogP contribution is 2.25. The molecule has 150 valence electrons. The van der Waals surface area contributed by atoms with Crippen LogP contribution in [0.2, 0.25) is 0 Å². The third kappa shape index (κ3) is 4.63. The third-order valence-electron chi connectivity index (χ3n) is 4.33. The van der Waals surface area contributed by atoms with Gasteiger partial charge in [-0.05, 0) is 33.6 Å². The molecule has 0 aromatic carbocycles. The number of carbonyl (C=O) groups is 2. The van der Waals surface area contributed by atoms with Gasteiger partial charge in [-0.25, -0.2) is 4.79 Å². The maximum atomic E-state index is 12.5. The molecule has 10 heteroatoms. The number of nitrogens with zero attached hydrogens (tertiary/aromatic N) is 1. The third-order valence-corrected chi connectivity index (χ3v) is 4.33. The topological polar surface area (TPSA) is 149 Å². The number of hydrogen-bond donors (Lipinski definition) is 5. The fourth-order valence-electron chi connectivity index (χ4n) is 3.06. The minimum absolute atomic E-state index is 0.371. The summed E-state index contributed by atoms with van der Waals surface area (Å²) in [5.41, 5.74) is -0.691. The van der Waals surface area contributed by atoms with Gasteiger partial charge in [0.25, 0.3) is 0 Å². The molecule has 2 rings (SSSR count). The summed E-state index contributed by atoms with van der Waals surface area (Å²) >= 11 is 0. The first kappa shape index (κ1) is 20.8. The van der Waals surface area contributed by atoms with E-state index in [1.165, 1.54) is 4.90 Å². The van der Waals surface area contributed by atoms with Crippen molar-refractivity contribution in [1.29, 1.82) is 0 Å². The molecule has 0 aromatic rings. The van der Waals surface area contributed by atoms with Crippen LogP contribution in [-0.4, -0.2) is 92.8 Å². The van der Waals surface area contributed by atoms with Crippen LogP contribution in [-0.2, 0) is 14.3 Å². The molecular weight excluding hydrogens is 348 g/mol. The van der Waals surface area contributed by atoms with Crippen molar-refractivity contribution >= 4 is 12.0 Å². The lowest BCUT2D eigenvalue weighted by atomic mass is 10.1. The number of nitrogens with one attached hydrogen (secondary N) is 1. The van der Waals surface area contributed by atoms with Gasteiger partial charge in [0.15, 0.2) is 6.23 Å². The Labute approximate surface area is 151 Å². The molecule has 2 heterocycles. The molecule has 2 aliphatic heterocycles. The molecule has 6 atom stereocenters. The Balaban J connectivity index is 1.99. The number of ether oxygens (including phenoxy) is 2. The first-order valence-electron chi connectivity index (χ1n) is 8.65. The van der Waals surface area contributed by atoms with Crippen molar-refractivity contribution in [2.75, 3.05) is 13.2 Å². The Morgan fingerprint density at radius 2 is 1.96 bits per heavy atom. The van der Waals surface area contributed by atoms with Crippen LogP contribution >= 0.6 is 0 Å². The van der Waals surface area contributed by atoms with Crippen LogP contribution in [0.4, 0.5) is 4.79 Å². The van der Waals surface area contributed by atoms with Crippen LogP contribution in [0.5, 0.6) is 0 Å². The lowest BCUT2D eigenvalue weighted by Crippen LogP contribution is -2.52. The molecular formula is C16H28N2O8. The van der Waals surface area contributed by atoms with Gasteiger partial charge in [-0.15, -0.1) is 0 Å². The van der Waals surface area contributed by atoms with E-state index >= 15 is 0 Å². The molecule has 0 spiro atoms. The number of aliphatic hydroxyl groups excluding tert-OH is 4. The Morgan fingerprint density at radius 1 is 1.31 bits per heavy atom. The van der Waals surface area contributed by atoms with Crippen molar-refractivity contribution < 1.29 is 39.5 Å². The standard InChI is InChI=1S/C16H28N2O8/c1-16(2,3)26-15(24)18-6-4-5-8(18)13(23)17-14-11(22)10(21)12(25-14)9(20)7-19/h8-12,14,19-22H,4-7H2,1-3H3,(H,17,23)/t8-,9-,10+,11+,12+,14-/m0/s1. The summed E-state index contributed by atoms with van der Waals surface area (Å²) < 4.78 is 10.6. The second-order valence-electron chi connectivity index (χ2n) is 7.59. The van der Waals surface area contributed by atoms with E-state index in [-0.39, 0.29) is 0 Å². The van der Waals surface area contributed by atoms with E-state index in [0.29, 0.717) is 19.4 Å². The van der Waals surface area contributed by atoms with E-state index in [1.54, 1.807) is 20.8 Å². The second-order valence-corrected chi connectivity index (χ2v) is 7.59. The van der Waals surface area contributed by atoms with Crippen LogP contribution in [0.3, 0.4) is 0 Å². The molecule has 5 N–H and O–H groups in total. The van der Waals surface area contributed by atoms with Gasteiger partial charge < -0.3 is 35.2 Å². The second kappa shape index (κ2) is 8.05. The SMILES string of the molecule is CC(C)(C)OC(=O)N1CCC[C@H]1C(=O)N[C@H]1O[C@H]([C@@H](O)CO)[C@H](O)[C@H]1O. The fraction of sp³-hybridized carbons (Fsp3) is 0.875. The molecule has 2 aliphatic rings. The highest BCUT2D eigenvalue weighted by Gasteiger charge is 2.47. The number of aliphatic hydroxyl groups is 4. The summed E-state index contributed by atoms with van der Waals surface area (Å²) in [5.74, 6) is -0.552. The van der Waals surface area contributed by atoms with Crippen LogP contribution in [0.1, 0.15) is 33.6 Å². The number of hydrogen-bond acceptors (Lipinski definition) is 8. The summed E-state index contributed by atoms with van der Waals surface area (Å²) in [6.45, 7) is 4.89. The zero-order chi connectivity index (χ0) is 19.6. The van der Waals surface area contributed by atoms with Gasteiger partial charge in [-0.3, -0.25) is 9.69 Å². The summed E-state index contributed by atoms with van der Waals surface area (Å²) in [6, 6.07) is -0.778. The van der Waals surface area contributed by atoms with Gasteiger partial charge >= 0.3 is 6.09 Å². The average molecular weight is 376 g/mol. The summed E-state index contributed by atoms with van der Waals surface area (Å²) in [6.07, 6.45) is -6.37. The summed E-state index contributed by atoms with van der Waals surface area (Å²) in [7, 11) is 0. The van der Waals surface area contributed by atoms with E-state index in [0.717, 1.165) is 0 Å². The molecule has 2 amide bonds. The van der Waals surface area contributed by atoms with E-state index < -0.39 is 60.9 Å². The van der Waals surface area contributed by atoms with Gasteiger partial charge in [0.05, 0.1) is 6.61 Å². The van der Waals surface area contributed by atoms with E-state index in [2.05, 4.69) is 5.32 Å². The van der Waals surface area contributed by atoms with Crippen molar-refractivity contribution in [3.8, 4) is 0 Å². The fourth-order valence-corrected chi connectivity index (χ4v) is 3.06. The molecule has 2 saturated heterocycles. The summed E-state index contributed by atoms with van der Waals surface area (Å²) in [5, 5.41) is 40.9. The Bertz CT molecular complexity index is 523. The zero-order valence-electron chi connectivity index (χ0n) is 15.2. The minimum Gasteiger partial charge on any atom is -0.444 e. The monoisotopic (exact) mass is 376 g/mol. The first-order chi connectivity index (χ1) is 12.0. The normalized spacial score (nSPS) is 33.2. The van der Waals surface area contributed by atoms with Crippen molar-refractivity contribution in [3.05, 3.63) is 0 Å². The average Bonchev–Trinajstić information content (AvgIpc) is 3.13.